The molecule has 0 fully saturated rings. The van der Waals surface area contributed by atoms with E-state index in [1.165, 1.54) is 0 Å². The molecule has 0 aromatic rings. The molecular formula is C15H27NO3. The summed E-state index contributed by atoms with van der Waals surface area (Å²) in [6.45, 7) is 6.53. The first-order valence-corrected chi connectivity index (χ1v) is 7.17. The highest BCUT2D eigenvalue weighted by molar-refractivity contribution is 5.92. The summed E-state index contributed by atoms with van der Waals surface area (Å²) >= 11 is 0. The molecule has 0 saturated heterocycles. The maximum absolute atomic E-state index is 11.7. The normalized spacial score (nSPS) is 13.1. The molecule has 0 aliphatic carbocycles. The van der Waals surface area contributed by atoms with Crippen molar-refractivity contribution in [3.63, 3.8) is 0 Å². The Balaban J connectivity index is 4.01. The summed E-state index contributed by atoms with van der Waals surface area (Å²) in [5.74, 6) is -0.376. The second-order valence-electron chi connectivity index (χ2n) is 4.93. The number of hydrogen-bond acceptors (Lipinski definition) is 2. The Kier molecular flexibility index (Phi) is 9.85. The van der Waals surface area contributed by atoms with E-state index in [0.29, 0.717) is 18.9 Å². The lowest BCUT2D eigenvalue weighted by Crippen LogP contribution is -2.26. The van der Waals surface area contributed by atoms with Gasteiger partial charge in [-0.2, -0.15) is 0 Å². The highest BCUT2D eigenvalue weighted by Gasteiger charge is 2.11. The maximum Gasteiger partial charge on any atom is 0.303 e. The summed E-state index contributed by atoms with van der Waals surface area (Å²) in [6.07, 6.45) is 6.60. The number of nitrogens with one attached hydrogen (secondary N) is 1. The van der Waals surface area contributed by atoms with Crippen molar-refractivity contribution < 1.29 is 14.7 Å². The molecule has 2 N–H and O–H groups in total. The third-order valence-corrected chi connectivity index (χ3v) is 3.17. The van der Waals surface area contributed by atoms with Gasteiger partial charge in [-0.05, 0) is 32.1 Å². The SMILES string of the molecule is CC/C=C(\C)C(=O)NCCC(CCC)CCC(=O)O. The van der Waals surface area contributed by atoms with Crippen LogP contribution in [0.3, 0.4) is 0 Å². The van der Waals surface area contributed by atoms with Gasteiger partial charge in [-0.25, -0.2) is 0 Å². The molecule has 0 aliphatic rings. The second kappa shape index (κ2) is 10.6. The van der Waals surface area contributed by atoms with Crippen molar-refractivity contribution in [1.29, 1.82) is 0 Å². The molecule has 1 amide bonds. The van der Waals surface area contributed by atoms with Gasteiger partial charge in [0.15, 0.2) is 0 Å². The van der Waals surface area contributed by atoms with Gasteiger partial charge in [0.2, 0.25) is 5.91 Å². The number of aliphatic carboxylic acids is 1. The van der Waals surface area contributed by atoms with Crippen LogP contribution in [0.5, 0.6) is 0 Å². The molecule has 1 atom stereocenters. The molecule has 4 heteroatoms. The number of amides is 1. The Bertz CT molecular complexity index is 311. The van der Waals surface area contributed by atoms with E-state index in [9.17, 15) is 9.59 Å². The largest absolute Gasteiger partial charge is 0.481 e. The Morgan fingerprint density at radius 1 is 1.21 bits per heavy atom. The van der Waals surface area contributed by atoms with Gasteiger partial charge >= 0.3 is 5.97 Å². The van der Waals surface area contributed by atoms with Crippen LogP contribution in [0.1, 0.15) is 59.3 Å². The van der Waals surface area contributed by atoms with E-state index >= 15 is 0 Å². The van der Waals surface area contributed by atoms with Crippen molar-refractivity contribution in [2.45, 2.75) is 59.3 Å². The molecule has 0 saturated carbocycles. The quantitative estimate of drug-likeness (QED) is 0.599. The smallest absolute Gasteiger partial charge is 0.303 e. The van der Waals surface area contributed by atoms with Gasteiger partial charge < -0.3 is 10.4 Å². The molecule has 0 aliphatic heterocycles. The highest BCUT2D eigenvalue weighted by Crippen LogP contribution is 2.17. The number of carboxylic acids is 1. The van der Waals surface area contributed by atoms with Gasteiger partial charge in [-0.3, -0.25) is 9.59 Å². The predicted octanol–water partition coefficient (Wildman–Crippen LogP) is 3.13. The zero-order valence-corrected chi connectivity index (χ0v) is 12.4. The first kappa shape index (κ1) is 17.7. The molecular weight excluding hydrogens is 242 g/mol. The highest BCUT2D eigenvalue weighted by atomic mass is 16.4. The van der Waals surface area contributed by atoms with Crippen molar-refractivity contribution >= 4 is 11.9 Å². The van der Waals surface area contributed by atoms with Crippen molar-refractivity contribution in [3.8, 4) is 0 Å². The van der Waals surface area contributed by atoms with Crippen LogP contribution in [0.2, 0.25) is 0 Å². The Labute approximate surface area is 116 Å². The lowest BCUT2D eigenvalue weighted by molar-refractivity contribution is -0.137. The topological polar surface area (TPSA) is 66.4 Å². The number of rotatable bonds is 10. The molecule has 4 nitrogen and oxygen atoms in total. The average molecular weight is 269 g/mol. The zero-order valence-electron chi connectivity index (χ0n) is 12.4. The first-order chi connectivity index (χ1) is 9.01. The van der Waals surface area contributed by atoms with Crippen LogP contribution in [0, 0.1) is 5.92 Å². The average Bonchev–Trinajstić information content (AvgIpc) is 2.35. The summed E-state index contributed by atoms with van der Waals surface area (Å²) in [7, 11) is 0. The lowest BCUT2D eigenvalue weighted by atomic mass is 9.94. The number of carbonyl (C=O) groups is 2. The minimum Gasteiger partial charge on any atom is -0.481 e. The van der Waals surface area contributed by atoms with E-state index in [1.807, 2.05) is 19.9 Å². The summed E-state index contributed by atoms with van der Waals surface area (Å²) in [5, 5.41) is 11.6. The van der Waals surface area contributed by atoms with Gasteiger partial charge in [0, 0.05) is 18.5 Å². The fourth-order valence-electron chi connectivity index (χ4n) is 2.10. The zero-order chi connectivity index (χ0) is 14.7. The van der Waals surface area contributed by atoms with Crippen molar-refractivity contribution in [2.24, 2.45) is 5.92 Å². The maximum atomic E-state index is 11.7. The van der Waals surface area contributed by atoms with Crippen LogP contribution >= 0.6 is 0 Å². The molecule has 110 valence electrons. The van der Waals surface area contributed by atoms with E-state index in [0.717, 1.165) is 31.3 Å². The fraction of sp³-hybridized carbons (Fsp3) is 0.733. The fourth-order valence-corrected chi connectivity index (χ4v) is 2.10. The van der Waals surface area contributed by atoms with Crippen LogP contribution in [0.25, 0.3) is 0 Å². The summed E-state index contributed by atoms with van der Waals surface area (Å²) in [6, 6.07) is 0. The van der Waals surface area contributed by atoms with Crippen LogP contribution in [0.15, 0.2) is 11.6 Å². The van der Waals surface area contributed by atoms with E-state index in [-0.39, 0.29) is 12.3 Å². The van der Waals surface area contributed by atoms with Gasteiger partial charge in [-0.15, -0.1) is 0 Å². The Morgan fingerprint density at radius 2 is 1.89 bits per heavy atom. The first-order valence-electron chi connectivity index (χ1n) is 7.17. The molecule has 0 radical (unpaired) electrons. The predicted molar refractivity (Wildman–Crippen MR) is 76.9 cm³/mol. The third-order valence-electron chi connectivity index (χ3n) is 3.17. The summed E-state index contributed by atoms with van der Waals surface area (Å²) in [5.41, 5.74) is 0.750. The van der Waals surface area contributed by atoms with E-state index in [4.69, 9.17) is 5.11 Å². The van der Waals surface area contributed by atoms with Gasteiger partial charge in [0.25, 0.3) is 0 Å². The third kappa shape index (κ3) is 9.28. The molecule has 0 aromatic heterocycles. The molecule has 0 heterocycles. The molecule has 1 unspecified atom stereocenters. The molecule has 0 spiro atoms. The number of carboxylic acid groups (broad SMARTS) is 1. The van der Waals surface area contributed by atoms with E-state index in [2.05, 4.69) is 12.2 Å². The van der Waals surface area contributed by atoms with E-state index < -0.39 is 5.97 Å². The molecule has 19 heavy (non-hydrogen) atoms. The summed E-state index contributed by atoms with van der Waals surface area (Å²) in [4.78, 5) is 22.2. The molecule has 0 bridgehead atoms. The second-order valence-corrected chi connectivity index (χ2v) is 4.93. The van der Waals surface area contributed by atoms with E-state index in [1.54, 1.807) is 0 Å². The molecule has 0 aromatic carbocycles. The minimum atomic E-state index is -0.744. The van der Waals surface area contributed by atoms with Crippen LogP contribution < -0.4 is 5.32 Å². The van der Waals surface area contributed by atoms with Gasteiger partial charge in [-0.1, -0.05) is 32.8 Å². The van der Waals surface area contributed by atoms with Crippen LogP contribution in [-0.4, -0.2) is 23.5 Å². The Morgan fingerprint density at radius 3 is 2.42 bits per heavy atom. The number of carbonyl (C=O) groups excluding carboxylic acids is 1. The summed E-state index contributed by atoms with van der Waals surface area (Å²) < 4.78 is 0. The Hall–Kier alpha value is -1.32. The van der Waals surface area contributed by atoms with Crippen LogP contribution in [0.4, 0.5) is 0 Å². The minimum absolute atomic E-state index is 0.0182. The van der Waals surface area contributed by atoms with Gasteiger partial charge in [0.1, 0.15) is 0 Å². The number of allylic oxidation sites excluding steroid dienone is 1. The van der Waals surface area contributed by atoms with Crippen LogP contribution in [-0.2, 0) is 9.59 Å². The van der Waals surface area contributed by atoms with Crippen molar-refractivity contribution in [1.82, 2.24) is 5.32 Å². The monoisotopic (exact) mass is 269 g/mol. The van der Waals surface area contributed by atoms with Gasteiger partial charge in [0.05, 0.1) is 0 Å². The standard InChI is InChI=1S/C15H27NO3/c1-4-6-12(3)15(19)16-11-10-13(7-5-2)8-9-14(17)18/h6,13H,4-5,7-11H2,1-3H3,(H,16,19)(H,17,18)/b12-6+. The lowest BCUT2D eigenvalue weighted by Gasteiger charge is -2.15. The number of hydrogen-bond donors (Lipinski definition) is 2. The molecule has 0 rings (SSSR count). The van der Waals surface area contributed by atoms with Crippen molar-refractivity contribution in [2.75, 3.05) is 6.54 Å². The van der Waals surface area contributed by atoms with Crippen molar-refractivity contribution in [3.05, 3.63) is 11.6 Å².